The summed E-state index contributed by atoms with van der Waals surface area (Å²) in [5.74, 6) is 0. The van der Waals surface area contributed by atoms with Gasteiger partial charge in [0, 0.05) is 10.8 Å². The van der Waals surface area contributed by atoms with Gasteiger partial charge in [0.1, 0.15) is 0 Å². The Morgan fingerprint density at radius 2 is 2.44 bits per heavy atom. The lowest BCUT2D eigenvalue weighted by atomic mass is 10.2. The molecule has 0 unspecified atom stereocenters. The van der Waals surface area contributed by atoms with Gasteiger partial charge in [0.25, 0.3) is 0 Å². The zero-order valence-electron chi connectivity index (χ0n) is 5.38. The first-order chi connectivity index (χ1) is 4.24. The quantitative estimate of drug-likeness (QED) is 0.548. The van der Waals surface area contributed by atoms with E-state index in [0.717, 1.165) is 10.8 Å². The SMILES string of the molecule is C[C@@H]1O[C@@H](CI)C[C@@H]1O. The number of hydrogen-bond acceptors (Lipinski definition) is 2. The molecule has 0 saturated carbocycles. The maximum atomic E-state index is 9.17. The highest BCUT2D eigenvalue weighted by molar-refractivity contribution is 14.1. The van der Waals surface area contributed by atoms with Gasteiger partial charge in [-0.1, -0.05) is 22.6 Å². The van der Waals surface area contributed by atoms with E-state index in [-0.39, 0.29) is 18.3 Å². The zero-order chi connectivity index (χ0) is 6.85. The summed E-state index contributed by atoms with van der Waals surface area (Å²) in [5.41, 5.74) is 0. The van der Waals surface area contributed by atoms with Crippen LogP contribution in [0, 0.1) is 0 Å². The fourth-order valence-electron chi connectivity index (χ4n) is 1.01. The fourth-order valence-corrected chi connectivity index (χ4v) is 1.58. The summed E-state index contributed by atoms with van der Waals surface area (Å²) in [7, 11) is 0. The molecule has 2 nitrogen and oxygen atoms in total. The van der Waals surface area contributed by atoms with E-state index in [4.69, 9.17) is 4.74 Å². The topological polar surface area (TPSA) is 29.5 Å². The van der Waals surface area contributed by atoms with Crippen molar-refractivity contribution in [3.63, 3.8) is 0 Å². The highest BCUT2D eigenvalue weighted by Crippen LogP contribution is 2.20. The van der Waals surface area contributed by atoms with Crippen molar-refractivity contribution >= 4 is 22.6 Å². The largest absolute Gasteiger partial charge is 0.390 e. The monoisotopic (exact) mass is 242 g/mol. The molecule has 0 spiro atoms. The number of ether oxygens (including phenoxy) is 1. The van der Waals surface area contributed by atoms with Crippen LogP contribution in [0.5, 0.6) is 0 Å². The Morgan fingerprint density at radius 3 is 2.67 bits per heavy atom. The van der Waals surface area contributed by atoms with Gasteiger partial charge in [-0.25, -0.2) is 0 Å². The van der Waals surface area contributed by atoms with Crippen molar-refractivity contribution in [1.29, 1.82) is 0 Å². The minimum Gasteiger partial charge on any atom is -0.390 e. The molecular weight excluding hydrogens is 231 g/mol. The molecule has 1 fully saturated rings. The Morgan fingerprint density at radius 1 is 1.78 bits per heavy atom. The molecule has 1 aliphatic rings. The molecule has 0 aliphatic carbocycles. The first-order valence-electron chi connectivity index (χ1n) is 3.13. The van der Waals surface area contributed by atoms with Crippen LogP contribution in [0.4, 0.5) is 0 Å². The first kappa shape index (κ1) is 7.75. The zero-order valence-corrected chi connectivity index (χ0v) is 7.54. The van der Waals surface area contributed by atoms with Crippen LogP contribution in [-0.4, -0.2) is 27.8 Å². The van der Waals surface area contributed by atoms with Crippen LogP contribution in [0.15, 0.2) is 0 Å². The number of hydrogen-bond donors (Lipinski definition) is 1. The van der Waals surface area contributed by atoms with E-state index >= 15 is 0 Å². The Bertz CT molecular complexity index is 87.1. The summed E-state index contributed by atoms with van der Waals surface area (Å²) in [6, 6.07) is 0. The van der Waals surface area contributed by atoms with Gasteiger partial charge in [-0.3, -0.25) is 0 Å². The number of aliphatic hydroxyl groups excluding tert-OH is 1. The molecule has 1 aliphatic heterocycles. The van der Waals surface area contributed by atoms with Crippen LogP contribution in [0.3, 0.4) is 0 Å². The molecule has 0 aromatic heterocycles. The molecule has 0 aromatic rings. The van der Waals surface area contributed by atoms with Crippen LogP contribution in [0.2, 0.25) is 0 Å². The second-order valence-electron chi connectivity index (χ2n) is 2.42. The summed E-state index contributed by atoms with van der Waals surface area (Å²) in [6.45, 7) is 1.91. The van der Waals surface area contributed by atoms with Gasteiger partial charge in [-0.2, -0.15) is 0 Å². The van der Waals surface area contributed by atoms with Gasteiger partial charge in [-0.05, 0) is 6.92 Å². The van der Waals surface area contributed by atoms with Crippen LogP contribution >= 0.6 is 22.6 Å². The highest BCUT2D eigenvalue weighted by atomic mass is 127. The maximum absolute atomic E-state index is 9.17. The summed E-state index contributed by atoms with van der Waals surface area (Å²) in [4.78, 5) is 0. The molecule has 0 amide bonds. The normalized spacial score (nSPS) is 43.7. The molecule has 54 valence electrons. The average molecular weight is 242 g/mol. The Kier molecular flexibility index (Phi) is 2.73. The third-order valence-corrected chi connectivity index (χ3v) is 2.61. The molecule has 0 radical (unpaired) electrons. The lowest BCUT2D eigenvalue weighted by Gasteiger charge is -2.05. The van der Waals surface area contributed by atoms with E-state index in [2.05, 4.69) is 22.6 Å². The maximum Gasteiger partial charge on any atom is 0.0824 e. The average Bonchev–Trinajstić information content (AvgIpc) is 2.13. The van der Waals surface area contributed by atoms with E-state index < -0.39 is 0 Å². The minimum atomic E-state index is -0.232. The molecule has 0 aromatic carbocycles. The minimum absolute atomic E-state index is 0.0461. The van der Waals surface area contributed by atoms with Gasteiger partial charge in [0.2, 0.25) is 0 Å². The highest BCUT2D eigenvalue weighted by Gasteiger charge is 2.29. The summed E-state index contributed by atoms with van der Waals surface area (Å²) in [6.07, 6.45) is 0.912. The number of aliphatic hydroxyl groups is 1. The smallest absolute Gasteiger partial charge is 0.0824 e. The number of halogens is 1. The van der Waals surface area contributed by atoms with Crippen molar-refractivity contribution in [3.8, 4) is 0 Å². The van der Waals surface area contributed by atoms with Crippen molar-refractivity contribution in [2.24, 2.45) is 0 Å². The van der Waals surface area contributed by atoms with E-state index in [1.807, 2.05) is 6.92 Å². The summed E-state index contributed by atoms with van der Waals surface area (Å²) in [5, 5.41) is 9.17. The first-order valence-corrected chi connectivity index (χ1v) is 4.66. The van der Waals surface area contributed by atoms with Crippen LogP contribution in [-0.2, 0) is 4.74 Å². The summed E-state index contributed by atoms with van der Waals surface area (Å²) >= 11 is 2.27. The lowest BCUT2D eigenvalue weighted by molar-refractivity contribution is 0.0310. The number of alkyl halides is 1. The molecule has 0 bridgehead atoms. The van der Waals surface area contributed by atoms with Gasteiger partial charge < -0.3 is 9.84 Å². The molecule has 1 heterocycles. The van der Waals surface area contributed by atoms with Crippen molar-refractivity contribution in [1.82, 2.24) is 0 Å². The lowest BCUT2D eigenvalue weighted by Crippen LogP contribution is -2.15. The van der Waals surface area contributed by atoms with Crippen molar-refractivity contribution in [2.75, 3.05) is 4.43 Å². The standard InChI is InChI=1S/C6H11IO2/c1-4-6(8)2-5(3-7)9-4/h4-6,8H,2-3H2,1H3/t4-,5+,6-/m0/s1. The molecule has 3 heteroatoms. The molecular formula is C6H11IO2. The van der Waals surface area contributed by atoms with E-state index in [1.54, 1.807) is 0 Å². The van der Waals surface area contributed by atoms with Gasteiger partial charge >= 0.3 is 0 Å². The van der Waals surface area contributed by atoms with Gasteiger partial charge in [0.05, 0.1) is 18.3 Å². The van der Waals surface area contributed by atoms with E-state index in [1.165, 1.54) is 0 Å². The second kappa shape index (κ2) is 3.16. The van der Waals surface area contributed by atoms with Crippen molar-refractivity contribution in [3.05, 3.63) is 0 Å². The molecule has 1 saturated heterocycles. The predicted octanol–water partition coefficient (Wildman–Crippen LogP) is 0.960. The Hall–Kier alpha value is 0.650. The summed E-state index contributed by atoms with van der Waals surface area (Å²) < 4.78 is 6.35. The van der Waals surface area contributed by atoms with Crippen molar-refractivity contribution < 1.29 is 9.84 Å². The van der Waals surface area contributed by atoms with Crippen LogP contribution < -0.4 is 0 Å². The molecule has 3 atom stereocenters. The third-order valence-electron chi connectivity index (χ3n) is 1.63. The van der Waals surface area contributed by atoms with E-state index in [9.17, 15) is 5.11 Å². The number of rotatable bonds is 1. The third kappa shape index (κ3) is 1.78. The molecule has 9 heavy (non-hydrogen) atoms. The fraction of sp³-hybridized carbons (Fsp3) is 1.00. The van der Waals surface area contributed by atoms with Crippen molar-refractivity contribution in [2.45, 2.75) is 31.7 Å². The van der Waals surface area contributed by atoms with E-state index in [0.29, 0.717) is 0 Å². The van der Waals surface area contributed by atoms with Gasteiger partial charge in [0.15, 0.2) is 0 Å². The molecule has 1 rings (SSSR count). The Labute approximate surface area is 68.7 Å². The molecule has 1 N–H and O–H groups in total. The van der Waals surface area contributed by atoms with Crippen LogP contribution in [0.1, 0.15) is 13.3 Å². The second-order valence-corrected chi connectivity index (χ2v) is 3.30. The van der Waals surface area contributed by atoms with Crippen LogP contribution in [0.25, 0.3) is 0 Å². The Balaban J connectivity index is 2.35. The van der Waals surface area contributed by atoms with Gasteiger partial charge in [-0.15, -0.1) is 0 Å². The predicted molar refractivity (Wildman–Crippen MR) is 43.8 cm³/mol.